The van der Waals surface area contributed by atoms with Crippen molar-refractivity contribution >= 4 is 11.5 Å². The number of nitrogens with two attached hydrogens (primary N) is 1. The van der Waals surface area contributed by atoms with Gasteiger partial charge in [0.05, 0.1) is 0 Å². The summed E-state index contributed by atoms with van der Waals surface area (Å²) in [4.78, 5) is 12.3. The molecule has 0 atom stereocenters. The Labute approximate surface area is 120 Å². The van der Waals surface area contributed by atoms with Crippen molar-refractivity contribution in [3.8, 4) is 0 Å². The molecule has 104 valence electrons. The predicted octanol–water partition coefficient (Wildman–Crippen LogP) is 4.23. The van der Waals surface area contributed by atoms with E-state index in [0.29, 0.717) is 11.3 Å². The molecule has 0 radical (unpaired) electrons. The fourth-order valence-corrected chi connectivity index (χ4v) is 2.20. The molecule has 0 unspecified atom stereocenters. The summed E-state index contributed by atoms with van der Waals surface area (Å²) in [5, 5.41) is 0. The van der Waals surface area contributed by atoms with Crippen LogP contribution in [0, 0.1) is 0 Å². The average Bonchev–Trinajstić information content (AvgIpc) is 2.48. The molecule has 0 aliphatic rings. The molecule has 2 aromatic carbocycles. The second kappa shape index (κ2) is 6.90. The molecule has 20 heavy (non-hydrogen) atoms. The van der Waals surface area contributed by atoms with Crippen molar-refractivity contribution in [1.82, 2.24) is 0 Å². The van der Waals surface area contributed by atoms with E-state index in [0.717, 1.165) is 12.0 Å². The van der Waals surface area contributed by atoms with Gasteiger partial charge in [-0.2, -0.15) is 0 Å². The van der Waals surface area contributed by atoms with Crippen LogP contribution in [0.2, 0.25) is 0 Å². The number of carbonyl (C=O) groups is 1. The van der Waals surface area contributed by atoms with Gasteiger partial charge in [0.2, 0.25) is 0 Å². The van der Waals surface area contributed by atoms with Crippen LogP contribution >= 0.6 is 0 Å². The number of carbonyl (C=O) groups excluding carboxylic acids is 1. The first-order chi connectivity index (χ1) is 9.70. The number of ketones is 1. The van der Waals surface area contributed by atoms with E-state index < -0.39 is 0 Å². The maximum Gasteiger partial charge on any atom is 0.193 e. The van der Waals surface area contributed by atoms with Crippen molar-refractivity contribution in [2.45, 2.75) is 32.6 Å². The Kier molecular flexibility index (Phi) is 4.94. The zero-order valence-electron chi connectivity index (χ0n) is 11.9. The van der Waals surface area contributed by atoms with Gasteiger partial charge in [0.15, 0.2) is 5.78 Å². The maximum absolute atomic E-state index is 12.3. The molecular formula is C18H21NO. The van der Waals surface area contributed by atoms with Crippen LogP contribution in [0.15, 0.2) is 48.5 Å². The molecule has 0 bridgehead atoms. The lowest BCUT2D eigenvalue weighted by Gasteiger charge is -2.04. The van der Waals surface area contributed by atoms with E-state index in [9.17, 15) is 4.79 Å². The highest BCUT2D eigenvalue weighted by Crippen LogP contribution is 2.14. The number of benzene rings is 2. The minimum Gasteiger partial charge on any atom is -0.399 e. The quantitative estimate of drug-likeness (QED) is 0.483. The maximum atomic E-state index is 12.3. The molecule has 2 N–H and O–H groups in total. The topological polar surface area (TPSA) is 43.1 Å². The van der Waals surface area contributed by atoms with Crippen molar-refractivity contribution in [1.29, 1.82) is 0 Å². The molecule has 2 aromatic rings. The number of hydrogen-bond donors (Lipinski definition) is 1. The smallest absolute Gasteiger partial charge is 0.193 e. The Balaban J connectivity index is 2.05. The number of nitrogen functional groups attached to an aromatic ring is 1. The molecule has 0 saturated carbocycles. The highest BCUT2D eigenvalue weighted by atomic mass is 16.1. The summed E-state index contributed by atoms with van der Waals surface area (Å²) in [6, 6.07) is 15.0. The second-order valence-corrected chi connectivity index (χ2v) is 5.11. The van der Waals surface area contributed by atoms with E-state index >= 15 is 0 Å². The van der Waals surface area contributed by atoms with Crippen molar-refractivity contribution in [2.75, 3.05) is 5.73 Å². The fraction of sp³-hybridized carbons (Fsp3) is 0.278. The molecule has 2 rings (SSSR count). The van der Waals surface area contributed by atoms with Crippen molar-refractivity contribution in [3.05, 3.63) is 65.2 Å². The third kappa shape index (κ3) is 3.70. The molecule has 2 heteroatoms. The molecule has 0 fully saturated rings. The highest BCUT2D eigenvalue weighted by molar-refractivity contribution is 6.09. The van der Waals surface area contributed by atoms with Crippen LogP contribution in [0.1, 0.15) is 47.7 Å². The van der Waals surface area contributed by atoms with Gasteiger partial charge in [-0.25, -0.2) is 0 Å². The highest BCUT2D eigenvalue weighted by Gasteiger charge is 2.08. The summed E-state index contributed by atoms with van der Waals surface area (Å²) in [5.74, 6) is 0.0464. The van der Waals surface area contributed by atoms with Gasteiger partial charge in [0, 0.05) is 16.8 Å². The van der Waals surface area contributed by atoms with Crippen LogP contribution < -0.4 is 5.73 Å². The summed E-state index contributed by atoms with van der Waals surface area (Å²) in [6.45, 7) is 2.20. The van der Waals surface area contributed by atoms with Crippen LogP contribution in [-0.4, -0.2) is 5.78 Å². The molecule has 0 spiro atoms. The molecule has 0 aliphatic carbocycles. The number of aryl methyl sites for hydroxylation is 1. The Morgan fingerprint density at radius 2 is 1.45 bits per heavy atom. The van der Waals surface area contributed by atoms with Gasteiger partial charge in [-0.1, -0.05) is 44.0 Å². The van der Waals surface area contributed by atoms with Crippen LogP contribution in [0.4, 0.5) is 5.69 Å². The number of anilines is 1. The molecule has 0 amide bonds. The zero-order valence-corrected chi connectivity index (χ0v) is 11.9. The van der Waals surface area contributed by atoms with Gasteiger partial charge in [-0.05, 0) is 42.7 Å². The summed E-state index contributed by atoms with van der Waals surface area (Å²) in [7, 11) is 0. The van der Waals surface area contributed by atoms with Crippen LogP contribution in [0.3, 0.4) is 0 Å². The minimum absolute atomic E-state index is 0.0464. The zero-order chi connectivity index (χ0) is 14.4. The van der Waals surface area contributed by atoms with Crippen molar-refractivity contribution < 1.29 is 4.79 Å². The van der Waals surface area contributed by atoms with Gasteiger partial charge in [0.25, 0.3) is 0 Å². The first-order valence-corrected chi connectivity index (χ1v) is 7.20. The lowest BCUT2D eigenvalue weighted by Crippen LogP contribution is -2.01. The molecular weight excluding hydrogens is 246 g/mol. The first kappa shape index (κ1) is 14.3. The third-order valence-corrected chi connectivity index (χ3v) is 3.46. The minimum atomic E-state index is 0.0464. The Morgan fingerprint density at radius 3 is 2.00 bits per heavy atom. The van der Waals surface area contributed by atoms with E-state index in [1.165, 1.54) is 24.8 Å². The van der Waals surface area contributed by atoms with Gasteiger partial charge in [-0.3, -0.25) is 4.79 Å². The number of hydrogen-bond acceptors (Lipinski definition) is 2. The lowest BCUT2D eigenvalue weighted by molar-refractivity contribution is 0.103. The molecule has 0 aromatic heterocycles. The largest absolute Gasteiger partial charge is 0.399 e. The summed E-state index contributed by atoms with van der Waals surface area (Å²) in [6.07, 6.45) is 4.78. The Hall–Kier alpha value is -2.09. The monoisotopic (exact) mass is 267 g/mol. The number of unbranched alkanes of at least 4 members (excludes halogenated alkanes) is 2. The summed E-state index contributed by atoms with van der Waals surface area (Å²) >= 11 is 0. The van der Waals surface area contributed by atoms with Gasteiger partial charge in [0.1, 0.15) is 0 Å². The number of rotatable bonds is 6. The van der Waals surface area contributed by atoms with Crippen molar-refractivity contribution in [3.63, 3.8) is 0 Å². The Morgan fingerprint density at radius 1 is 0.900 bits per heavy atom. The van der Waals surface area contributed by atoms with Crippen molar-refractivity contribution in [2.24, 2.45) is 0 Å². The standard InChI is InChI=1S/C18H21NO/c1-2-3-4-5-14-6-8-15(9-7-14)18(20)16-10-12-17(19)13-11-16/h6-13H,2-5,19H2,1H3. The van der Waals surface area contributed by atoms with E-state index in [-0.39, 0.29) is 5.78 Å². The average molecular weight is 267 g/mol. The van der Waals surface area contributed by atoms with Crippen LogP contribution in [-0.2, 0) is 6.42 Å². The fourth-order valence-electron chi connectivity index (χ4n) is 2.20. The van der Waals surface area contributed by atoms with Crippen LogP contribution in [0.25, 0.3) is 0 Å². The van der Waals surface area contributed by atoms with Gasteiger partial charge < -0.3 is 5.73 Å². The van der Waals surface area contributed by atoms with Gasteiger partial charge in [-0.15, -0.1) is 0 Å². The molecule has 0 saturated heterocycles. The van der Waals surface area contributed by atoms with E-state index in [1.54, 1.807) is 24.3 Å². The second-order valence-electron chi connectivity index (χ2n) is 5.11. The predicted molar refractivity (Wildman–Crippen MR) is 84.0 cm³/mol. The normalized spacial score (nSPS) is 10.4. The van der Waals surface area contributed by atoms with Gasteiger partial charge >= 0.3 is 0 Å². The van der Waals surface area contributed by atoms with E-state index in [2.05, 4.69) is 19.1 Å². The SMILES string of the molecule is CCCCCc1ccc(C(=O)c2ccc(N)cc2)cc1. The summed E-state index contributed by atoms with van der Waals surface area (Å²) in [5.41, 5.74) is 9.01. The molecule has 0 aliphatic heterocycles. The first-order valence-electron chi connectivity index (χ1n) is 7.20. The molecule has 2 nitrogen and oxygen atoms in total. The van der Waals surface area contributed by atoms with E-state index in [1.807, 2.05) is 12.1 Å². The molecule has 0 heterocycles. The van der Waals surface area contributed by atoms with Crippen LogP contribution in [0.5, 0.6) is 0 Å². The third-order valence-electron chi connectivity index (χ3n) is 3.46. The summed E-state index contributed by atoms with van der Waals surface area (Å²) < 4.78 is 0. The lowest BCUT2D eigenvalue weighted by atomic mass is 10.00. The Bertz CT molecular complexity index is 555. The van der Waals surface area contributed by atoms with E-state index in [4.69, 9.17) is 5.73 Å².